The van der Waals surface area contributed by atoms with Gasteiger partial charge in [-0.3, -0.25) is 0 Å². The van der Waals surface area contributed by atoms with Gasteiger partial charge < -0.3 is 10.4 Å². The first-order chi connectivity index (χ1) is 8.17. The number of aliphatic hydroxyl groups excluding tert-OH is 1. The van der Waals surface area contributed by atoms with Gasteiger partial charge >= 0.3 is 0 Å². The lowest BCUT2D eigenvalue weighted by molar-refractivity contribution is 0.159. The molecule has 0 aliphatic rings. The van der Waals surface area contributed by atoms with Gasteiger partial charge in [0.2, 0.25) is 0 Å². The van der Waals surface area contributed by atoms with E-state index in [1.807, 2.05) is 6.92 Å². The third-order valence-electron chi connectivity index (χ3n) is 3.02. The van der Waals surface area contributed by atoms with Gasteiger partial charge in [-0.15, -0.1) is 11.8 Å². The molecule has 0 spiro atoms. The summed E-state index contributed by atoms with van der Waals surface area (Å²) in [5.74, 6) is 0. The van der Waals surface area contributed by atoms with Gasteiger partial charge in [0.1, 0.15) is 0 Å². The van der Waals surface area contributed by atoms with Crippen LogP contribution in [0.4, 0.5) is 0 Å². The van der Waals surface area contributed by atoms with E-state index >= 15 is 0 Å². The minimum Gasteiger partial charge on any atom is -0.393 e. The summed E-state index contributed by atoms with van der Waals surface area (Å²) in [6.45, 7) is 5.03. The smallest absolute Gasteiger partial charge is 0.0549 e. The molecule has 1 rings (SSSR count). The molecule has 0 aliphatic heterocycles. The Morgan fingerprint density at radius 2 is 1.94 bits per heavy atom. The third-order valence-corrected chi connectivity index (χ3v) is 3.76. The maximum Gasteiger partial charge on any atom is 0.0549 e. The van der Waals surface area contributed by atoms with Gasteiger partial charge in [-0.1, -0.05) is 19.1 Å². The summed E-state index contributed by atoms with van der Waals surface area (Å²) in [4.78, 5) is 1.29. The summed E-state index contributed by atoms with van der Waals surface area (Å²) in [5.41, 5.74) is 1.30. The number of thioether (sulfide) groups is 1. The van der Waals surface area contributed by atoms with Crippen molar-refractivity contribution in [3.8, 4) is 0 Å². The van der Waals surface area contributed by atoms with E-state index in [0.717, 1.165) is 19.4 Å². The van der Waals surface area contributed by atoms with Crippen LogP contribution in [-0.4, -0.2) is 24.0 Å². The summed E-state index contributed by atoms with van der Waals surface area (Å²) < 4.78 is 0. The van der Waals surface area contributed by atoms with E-state index < -0.39 is 0 Å². The minimum atomic E-state index is -0.173. The summed E-state index contributed by atoms with van der Waals surface area (Å²) in [7, 11) is 0. The lowest BCUT2D eigenvalue weighted by Crippen LogP contribution is -2.23. The Morgan fingerprint density at radius 1 is 1.29 bits per heavy atom. The van der Waals surface area contributed by atoms with Crippen molar-refractivity contribution in [2.45, 2.75) is 43.7 Å². The van der Waals surface area contributed by atoms with Gasteiger partial charge in [-0.05, 0) is 50.3 Å². The molecule has 96 valence electrons. The molecule has 0 aromatic heterocycles. The van der Waals surface area contributed by atoms with E-state index in [9.17, 15) is 5.11 Å². The lowest BCUT2D eigenvalue weighted by Gasteiger charge is -2.16. The summed E-state index contributed by atoms with van der Waals surface area (Å²) in [5, 5.41) is 12.9. The Bertz CT molecular complexity index is 313. The Morgan fingerprint density at radius 3 is 2.47 bits per heavy atom. The van der Waals surface area contributed by atoms with Gasteiger partial charge in [0, 0.05) is 10.9 Å². The second-order valence-electron chi connectivity index (χ2n) is 4.30. The number of hydrogen-bond donors (Lipinski definition) is 2. The first-order valence-electron chi connectivity index (χ1n) is 6.22. The largest absolute Gasteiger partial charge is 0.393 e. The second-order valence-corrected chi connectivity index (χ2v) is 5.18. The van der Waals surface area contributed by atoms with Crippen molar-refractivity contribution in [1.29, 1.82) is 0 Å². The number of aliphatic hydroxyl groups is 1. The first kappa shape index (κ1) is 14.6. The molecule has 0 saturated heterocycles. The zero-order valence-corrected chi connectivity index (χ0v) is 11.8. The van der Waals surface area contributed by atoms with E-state index in [-0.39, 0.29) is 6.10 Å². The van der Waals surface area contributed by atoms with Crippen LogP contribution in [-0.2, 0) is 0 Å². The molecule has 0 amide bonds. The number of benzene rings is 1. The summed E-state index contributed by atoms with van der Waals surface area (Å²) >= 11 is 1.76. The van der Waals surface area contributed by atoms with Crippen LogP contribution in [0, 0.1) is 0 Å². The van der Waals surface area contributed by atoms with Gasteiger partial charge in [-0.25, -0.2) is 0 Å². The van der Waals surface area contributed by atoms with Crippen LogP contribution < -0.4 is 5.32 Å². The highest BCUT2D eigenvalue weighted by Crippen LogP contribution is 2.18. The molecule has 2 nitrogen and oxygen atoms in total. The van der Waals surface area contributed by atoms with Crippen molar-refractivity contribution in [3.63, 3.8) is 0 Å². The molecule has 2 N–H and O–H groups in total. The molecule has 2 atom stereocenters. The summed E-state index contributed by atoms with van der Waals surface area (Å²) in [6.07, 6.45) is 3.57. The van der Waals surface area contributed by atoms with E-state index in [0.29, 0.717) is 6.04 Å². The molecule has 0 fully saturated rings. The molecular weight excluding hydrogens is 230 g/mol. The van der Waals surface area contributed by atoms with Crippen LogP contribution in [0.1, 0.15) is 38.3 Å². The highest BCUT2D eigenvalue weighted by molar-refractivity contribution is 7.98. The molecule has 0 aliphatic carbocycles. The van der Waals surface area contributed by atoms with Crippen LogP contribution in [0.3, 0.4) is 0 Å². The van der Waals surface area contributed by atoms with Crippen LogP contribution in [0.15, 0.2) is 29.2 Å². The Kier molecular flexibility index (Phi) is 6.63. The first-order valence-corrected chi connectivity index (χ1v) is 7.45. The van der Waals surface area contributed by atoms with Crippen molar-refractivity contribution in [3.05, 3.63) is 29.8 Å². The normalized spacial score (nSPS) is 14.6. The zero-order chi connectivity index (χ0) is 12.7. The van der Waals surface area contributed by atoms with E-state index in [1.54, 1.807) is 11.8 Å². The zero-order valence-electron chi connectivity index (χ0n) is 10.9. The maximum atomic E-state index is 9.47. The molecule has 0 radical (unpaired) electrons. The average molecular weight is 253 g/mol. The lowest BCUT2D eigenvalue weighted by atomic mass is 10.1. The summed E-state index contributed by atoms with van der Waals surface area (Å²) in [6, 6.07) is 8.98. The fraction of sp³-hybridized carbons (Fsp3) is 0.571. The number of rotatable bonds is 7. The number of nitrogens with one attached hydrogen (secondary N) is 1. The van der Waals surface area contributed by atoms with Crippen molar-refractivity contribution in [2.24, 2.45) is 0 Å². The Labute approximate surface area is 109 Å². The Hall–Kier alpha value is -0.510. The van der Waals surface area contributed by atoms with Crippen LogP contribution in [0.5, 0.6) is 0 Å². The molecule has 17 heavy (non-hydrogen) atoms. The predicted molar refractivity (Wildman–Crippen MR) is 75.6 cm³/mol. The fourth-order valence-corrected chi connectivity index (χ4v) is 2.09. The van der Waals surface area contributed by atoms with E-state index in [4.69, 9.17) is 0 Å². The highest BCUT2D eigenvalue weighted by atomic mass is 32.2. The van der Waals surface area contributed by atoms with Crippen molar-refractivity contribution >= 4 is 11.8 Å². The molecule has 0 heterocycles. The van der Waals surface area contributed by atoms with Crippen molar-refractivity contribution in [2.75, 3.05) is 12.8 Å². The monoisotopic (exact) mass is 253 g/mol. The molecule has 0 bridgehead atoms. The van der Waals surface area contributed by atoms with E-state index in [1.165, 1.54) is 10.5 Å². The highest BCUT2D eigenvalue weighted by Gasteiger charge is 2.06. The van der Waals surface area contributed by atoms with Gasteiger partial charge in [0.05, 0.1) is 6.10 Å². The van der Waals surface area contributed by atoms with E-state index in [2.05, 4.69) is 42.8 Å². The SMILES string of the molecule is CCC(O)CCNC(C)c1ccc(SC)cc1. The van der Waals surface area contributed by atoms with Crippen LogP contribution in [0.2, 0.25) is 0 Å². The molecule has 2 unspecified atom stereocenters. The van der Waals surface area contributed by atoms with Crippen LogP contribution in [0.25, 0.3) is 0 Å². The number of hydrogen-bond acceptors (Lipinski definition) is 3. The average Bonchev–Trinajstić information content (AvgIpc) is 2.38. The molecular formula is C14H23NOS. The Balaban J connectivity index is 2.38. The minimum absolute atomic E-state index is 0.173. The predicted octanol–water partition coefficient (Wildman–Crippen LogP) is 3.22. The van der Waals surface area contributed by atoms with Crippen LogP contribution >= 0.6 is 11.8 Å². The van der Waals surface area contributed by atoms with Crippen molar-refractivity contribution < 1.29 is 5.11 Å². The van der Waals surface area contributed by atoms with Crippen molar-refractivity contribution in [1.82, 2.24) is 5.32 Å². The molecule has 0 saturated carbocycles. The fourth-order valence-electron chi connectivity index (χ4n) is 1.68. The second kappa shape index (κ2) is 7.75. The third kappa shape index (κ3) is 5.11. The molecule has 1 aromatic carbocycles. The van der Waals surface area contributed by atoms with Gasteiger partial charge in [0.25, 0.3) is 0 Å². The standard InChI is InChI=1S/C14H23NOS/c1-4-13(16)9-10-15-11(2)12-5-7-14(17-3)8-6-12/h5-8,11,13,15-16H,4,9-10H2,1-3H3. The quantitative estimate of drug-likeness (QED) is 0.732. The maximum absolute atomic E-state index is 9.47. The molecule has 3 heteroatoms. The topological polar surface area (TPSA) is 32.3 Å². The van der Waals surface area contributed by atoms with Gasteiger partial charge in [-0.2, -0.15) is 0 Å². The van der Waals surface area contributed by atoms with Gasteiger partial charge in [0.15, 0.2) is 0 Å². The molecule has 1 aromatic rings.